The van der Waals surface area contributed by atoms with Gasteiger partial charge in [-0.3, -0.25) is 10.1 Å². The summed E-state index contributed by atoms with van der Waals surface area (Å²) in [4.78, 5) is 21.7. The van der Waals surface area contributed by atoms with Crippen LogP contribution >= 0.6 is 0 Å². The highest BCUT2D eigenvalue weighted by Gasteiger charge is 2.22. The van der Waals surface area contributed by atoms with E-state index in [9.17, 15) is 9.59 Å². The van der Waals surface area contributed by atoms with Crippen LogP contribution in [-0.2, 0) is 11.2 Å². The van der Waals surface area contributed by atoms with Crippen LogP contribution in [-0.4, -0.2) is 18.5 Å². The Balaban J connectivity index is 2.03. The van der Waals surface area contributed by atoms with Gasteiger partial charge in [0.2, 0.25) is 0 Å². The lowest BCUT2D eigenvalue weighted by Gasteiger charge is -2.11. The van der Waals surface area contributed by atoms with Crippen molar-refractivity contribution in [1.29, 1.82) is 0 Å². The van der Waals surface area contributed by atoms with E-state index in [2.05, 4.69) is 0 Å². The van der Waals surface area contributed by atoms with Crippen molar-refractivity contribution in [2.75, 3.05) is 6.61 Å². The Morgan fingerprint density at radius 2 is 2.22 bits per heavy atom. The topological polar surface area (TPSA) is 107 Å². The Kier molecular flexibility index (Phi) is 3.47. The number of nitrogens with two attached hydrogens (primary N) is 2. The van der Waals surface area contributed by atoms with Crippen molar-refractivity contribution in [3.05, 3.63) is 29.3 Å². The zero-order valence-electron chi connectivity index (χ0n) is 9.81. The van der Waals surface area contributed by atoms with Gasteiger partial charge < -0.3 is 16.2 Å². The number of benzene rings is 1. The van der Waals surface area contributed by atoms with E-state index in [-0.39, 0.29) is 12.6 Å². The van der Waals surface area contributed by atoms with Gasteiger partial charge >= 0.3 is 6.03 Å². The third kappa shape index (κ3) is 2.60. The predicted octanol–water partition coefficient (Wildman–Crippen LogP) is 0.206. The van der Waals surface area contributed by atoms with Crippen LogP contribution < -0.4 is 21.5 Å². The van der Waals surface area contributed by atoms with Crippen LogP contribution in [0.5, 0.6) is 5.75 Å². The molecule has 1 unspecified atom stereocenters. The summed E-state index contributed by atoms with van der Waals surface area (Å²) in [5.74, 6) is 0.0717. The summed E-state index contributed by atoms with van der Waals surface area (Å²) in [6, 6.07) is 4.73. The van der Waals surface area contributed by atoms with Gasteiger partial charge in [0.25, 0.3) is 5.91 Å². The summed E-state index contributed by atoms with van der Waals surface area (Å²) in [6.45, 7) is -0.241. The fourth-order valence-electron chi connectivity index (χ4n) is 2.10. The van der Waals surface area contributed by atoms with Gasteiger partial charge in [0.1, 0.15) is 5.75 Å². The van der Waals surface area contributed by atoms with Gasteiger partial charge in [-0.25, -0.2) is 4.79 Å². The van der Waals surface area contributed by atoms with Crippen molar-refractivity contribution in [1.82, 2.24) is 5.32 Å². The normalized spacial score (nSPS) is 17.1. The Hall–Kier alpha value is -2.08. The molecule has 0 fully saturated rings. The molecule has 1 atom stereocenters. The van der Waals surface area contributed by atoms with E-state index < -0.39 is 11.9 Å². The summed E-state index contributed by atoms with van der Waals surface area (Å²) in [7, 11) is 0. The van der Waals surface area contributed by atoms with E-state index in [0.29, 0.717) is 5.75 Å². The molecule has 0 saturated carbocycles. The molecule has 2 rings (SSSR count). The molecule has 6 nitrogen and oxygen atoms in total. The molecule has 6 heteroatoms. The zero-order valence-corrected chi connectivity index (χ0v) is 9.81. The van der Waals surface area contributed by atoms with Gasteiger partial charge in [-0.15, -0.1) is 0 Å². The zero-order chi connectivity index (χ0) is 13.1. The Bertz CT molecular complexity index is 487. The van der Waals surface area contributed by atoms with E-state index in [4.69, 9.17) is 16.2 Å². The number of carbonyl (C=O) groups excluding carboxylic acids is 2. The van der Waals surface area contributed by atoms with E-state index in [1.807, 2.05) is 17.4 Å². The number of primary amides is 1. The first-order valence-corrected chi connectivity index (χ1v) is 5.67. The maximum absolute atomic E-state index is 11.2. The number of ether oxygens (including phenoxy) is 1. The molecule has 0 aliphatic heterocycles. The number of urea groups is 1. The average Bonchev–Trinajstić information content (AvgIpc) is 2.68. The van der Waals surface area contributed by atoms with E-state index in [1.165, 1.54) is 0 Å². The summed E-state index contributed by atoms with van der Waals surface area (Å²) >= 11 is 0. The van der Waals surface area contributed by atoms with Crippen molar-refractivity contribution in [2.45, 2.75) is 18.9 Å². The van der Waals surface area contributed by atoms with Crippen LogP contribution in [0.15, 0.2) is 18.2 Å². The smallest absolute Gasteiger partial charge is 0.318 e. The molecular formula is C12H15N3O3. The Labute approximate surface area is 104 Å². The number of hydrogen-bond donors (Lipinski definition) is 3. The monoisotopic (exact) mass is 249 g/mol. The fraction of sp³-hybridized carbons (Fsp3) is 0.333. The minimum atomic E-state index is -0.885. The first kappa shape index (κ1) is 12.4. The number of fused-ring (bicyclic) bond motifs is 1. The molecule has 1 aromatic carbocycles. The number of imide groups is 1. The quantitative estimate of drug-likeness (QED) is 0.711. The Morgan fingerprint density at radius 1 is 1.44 bits per heavy atom. The molecule has 1 aliphatic carbocycles. The summed E-state index contributed by atoms with van der Waals surface area (Å²) < 4.78 is 5.38. The summed E-state index contributed by atoms with van der Waals surface area (Å²) in [6.07, 6.45) is 1.72. The predicted molar refractivity (Wildman–Crippen MR) is 64.9 cm³/mol. The molecule has 0 heterocycles. The highest BCUT2D eigenvalue weighted by Crippen LogP contribution is 2.35. The first-order valence-electron chi connectivity index (χ1n) is 5.67. The number of carbonyl (C=O) groups is 2. The van der Waals surface area contributed by atoms with Crippen molar-refractivity contribution in [3.8, 4) is 5.75 Å². The molecule has 0 bridgehead atoms. The van der Waals surface area contributed by atoms with Crippen molar-refractivity contribution < 1.29 is 14.3 Å². The standard InChI is InChI=1S/C12H15N3O3/c13-9-5-4-8-7(9)2-1-3-10(8)18-6-11(16)15-12(14)17/h1-3,9H,4-6,13H2,(H3,14,15,16,17). The highest BCUT2D eigenvalue weighted by molar-refractivity contribution is 5.94. The molecular weight excluding hydrogens is 234 g/mol. The molecule has 0 saturated heterocycles. The number of rotatable bonds is 3. The lowest BCUT2D eigenvalue weighted by molar-refractivity contribution is -0.121. The van der Waals surface area contributed by atoms with Gasteiger partial charge in [-0.2, -0.15) is 0 Å². The van der Waals surface area contributed by atoms with Crippen LogP contribution in [0.25, 0.3) is 0 Å². The molecule has 0 spiro atoms. The van der Waals surface area contributed by atoms with Crippen LogP contribution in [0.3, 0.4) is 0 Å². The van der Waals surface area contributed by atoms with E-state index in [0.717, 1.165) is 24.0 Å². The molecule has 3 amide bonds. The number of hydrogen-bond acceptors (Lipinski definition) is 4. The van der Waals surface area contributed by atoms with Gasteiger partial charge in [0.05, 0.1) is 0 Å². The van der Waals surface area contributed by atoms with Gasteiger partial charge in [-0.05, 0) is 30.0 Å². The largest absolute Gasteiger partial charge is 0.483 e. The molecule has 96 valence electrons. The Morgan fingerprint density at radius 3 is 2.94 bits per heavy atom. The summed E-state index contributed by atoms with van der Waals surface area (Å²) in [5.41, 5.74) is 12.9. The fourth-order valence-corrected chi connectivity index (χ4v) is 2.10. The molecule has 1 aromatic rings. The maximum atomic E-state index is 11.2. The molecule has 0 radical (unpaired) electrons. The summed E-state index contributed by atoms with van der Waals surface area (Å²) in [5, 5.41) is 1.94. The molecule has 0 aromatic heterocycles. The van der Waals surface area contributed by atoms with Crippen LogP contribution in [0.4, 0.5) is 4.79 Å². The molecule has 1 aliphatic rings. The minimum Gasteiger partial charge on any atom is -0.483 e. The third-order valence-electron chi connectivity index (χ3n) is 2.90. The lowest BCUT2D eigenvalue weighted by Crippen LogP contribution is -2.38. The number of nitrogens with one attached hydrogen (secondary N) is 1. The highest BCUT2D eigenvalue weighted by atomic mass is 16.5. The maximum Gasteiger partial charge on any atom is 0.318 e. The molecule has 18 heavy (non-hydrogen) atoms. The van der Waals surface area contributed by atoms with E-state index >= 15 is 0 Å². The number of amides is 3. The van der Waals surface area contributed by atoms with Gasteiger partial charge in [0.15, 0.2) is 6.61 Å². The van der Waals surface area contributed by atoms with Crippen LogP contribution in [0.1, 0.15) is 23.6 Å². The van der Waals surface area contributed by atoms with E-state index in [1.54, 1.807) is 6.07 Å². The lowest BCUT2D eigenvalue weighted by atomic mass is 10.1. The molecule has 5 N–H and O–H groups in total. The van der Waals surface area contributed by atoms with Gasteiger partial charge in [-0.1, -0.05) is 12.1 Å². The van der Waals surface area contributed by atoms with Gasteiger partial charge in [0, 0.05) is 6.04 Å². The average molecular weight is 249 g/mol. The van der Waals surface area contributed by atoms with Crippen LogP contribution in [0.2, 0.25) is 0 Å². The van der Waals surface area contributed by atoms with Crippen LogP contribution in [0, 0.1) is 0 Å². The van der Waals surface area contributed by atoms with Crippen molar-refractivity contribution in [3.63, 3.8) is 0 Å². The first-order chi connectivity index (χ1) is 8.58. The second kappa shape index (κ2) is 5.05. The third-order valence-corrected chi connectivity index (χ3v) is 2.90. The van der Waals surface area contributed by atoms with Crippen molar-refractivity contribution >= 4 is 11.9 Å². The minimum absolute atomic E-state index is 0.0306. The van der Waals surface area contributed by atoms with Crippen molar-refractivity contribution in [2.24, 2.45) is 11.5 Å². The second-order valence-electron chi connectivity index (χ2n) is 4.17. The second-order valence-corrected chi connectivity index (χ2v) is 4.17. The SMILES string of the molecule is NC(=O)NC(=O)COc1cccc2c1CCC2N.